The Kier molecular flexibility index (Phi) is 8.74. The molecule has 1 unspecified atom stereocenters. The molecule has 8 nitrogen and oxygen atoms in total. The summed E-state index contributed by atoms with van der Waals surface area (Å²) in [5.74, 6) is -0.589. The molecule has 0 aliphatic carbocycles. The third-order valence-corrected chi connectivity index (χ3v) is 3.20. The van der Waals surface area contributed by atoms with Crippen LogP contribution in [0, 0.1) is 0 Å². The molecule has 1 atom stereocenters. The van der Waals surface area contributed by atoms with Crippen molar-refractivity contribution in [3.8, 4) is 0 Å². The molecule has 0 saturated heterocycles. The number of hydrogen-bond acceptors (Lipinski definition) is 6. The second kappa shape index (κ2) is 10.5. The second-order valence-electron chi connectivity index (χ2n) is 7.07. The smallest absolute Gasteiger partial charge is 0.416 e. The van der Waals surface area contributed by atoms with E-state index in [-0.39, 0.29) is 26.1 Å². The third kappa shape index (κ3) is 9.60. The molecule has 0 radical (unpaired) electrons. The number of hydrogen-bond donors (Lipinski definition) is 2. The number of rotatable bonds is 7. The highest BCUT2D eigenvalue weighted by molar-refractivity contribution is 5.92. The number of alkyl carbamates (subject to hydrolysis) is 1. The average molecular weight is 380 g/mol. The zero-order valence-corrected chi connectivity index (χ0v) is 16.2. The van der Waals surface area contributed by atoms with Crippen LogP contribution in [0.15, 0.2) is 30.3 Å². The molecule has 0 fully saturated rings. The minimum Gasteiger partial charge on any atom is -0.444 e. The Hall–Kier alpha value is -2.61. The van der Waals surface area contributed by atoms with Gasteiger partial charge in [0, 0.05) is 13.1 Å². The Morgan fingerprint density at radius 3 is 2.37 bits per heavy atom. The van der Waals surface area contributed by atoms with Gasteiger partial charge in [-0.1, -0.05) is 30.3 Å². The average Bonchev–Trinajstić information content (AvgIpc) is 2.55. The zero-order valence-electron chi connectivity index (χ0n) is 16.2. The molecule has 27 heavy (non-hydrogen) atoms. The molecule has 150 valence electrons. The van der Waals surface area contributed by atoms with E-state index >= 15 is 0 Å². The van der Waals surface area contributed by atoms with Gasteiger partial charge in [-0.2, -0.15) is 0 Å². The van der Waals surface area contributed by atoms with E-state index in [1.807, 2.05) is 18.2 Å². The van der Waals surface area contributed by atoms with E-state index in [2.05, 4.69) is 5.32 Å². The maximum Gasteiger partial charge on any atom is 0.416 e. The number of carbonyl (C=O) groups excluding carboxylic acids is 3. The van der Waals surface area contributed by atoms with E-state index in [0.717, 1.165) is 10.5 Å². The Bertz CT molecular complexity index is 625. The Balaban J connectivity index is 2.62. The van der Waals surface area contributed by atoms with Gasteiger partial charge in [-0.25, -0.2) is 14.5 Å². The first-order valence-corrected chi connectivity index (χ1v) is 8.74. The Labute approximate surface area is 159 Å². The second-order valence-corrected chi connectivity index (χ2v) is 7.07. The predicted octanol–water partition coefficient (Wildman–Crippen LogP) is 2.45. The van der Waals surface area contributed by atoms with Gasteiger partial charge in [-0.15, -0.1) is 0 Å². The summed E-state index contributed by atoms with van der Waals surface area (Å²) in [6, 6.07) is 9.04. The van der Waals surface area contributed by atoms with Crippen molar-refractivity contribution in [2.45, 2.75) is 52.4 Å². The molecule has 0 aliphatic rings. The van der Waals surface area contributed by atoms with Gasteiger partial charge in [0.05, 0.1) is 12.5 Å². The van der Waals surface area contributed by atoms with Crippen molar-refractivity contribution >= 4 is 18.1 Å². The van der Waals surface area contributed by atoms with Crippen molar-refractivity contribution in [3.05, 3.63) is 35.9 Å². The molecule has 0 spiro atoms. The zero-order chi connectivity index (χ0) is 20.4. The molecule has 0 saturated carbocycles. The SMILES string of the molecule is CC(O)CC(=O)N(CCNC(=O)OC(C)(C)C)C(=O)OCc1ccccc1. The number of benzene rings is 1. The normalized spacial score (nSPS) is 12.0. The number of nitrogens with one attached hydrogen (secondary N) is 1. The van der Waals surface area contributed by atoms with Crippen LogP contribution in [0.1, 0.15) is 39.7 Å². The van der Waals surface area contributed by atoms with Crippen molar-refractivity contribution in [2.24, 2.45) is 0 Å². The first kappa shape index (κ1) is 22.4. The van der Waals surface area contributed by atoms with Gasteiger partial charge < -0.3 is 19.9 Å². The lowest BCUT2D eigenvalue weighted by Gasteiger charge is -2.23. The van der Waals surface area contributed by atoms with Crippen LogP contribution in [-0.2, 0) is 20.9 Å². The number of amides is 3. The maximum atomic E-state index is 12.3. The molecule has 1 rings (SSSR count). The lowest BCUT2D eigenvalue weighted by molar-refractivity contribution is -0.131. The van der Waals surface area contributed by atoms with Crippen molar-refractivity contribution < 1.29 is 29.0 Å². The van der Waals surface area contributed by atoms with Crippen molar-refractivity contribution in [1.29, 1.82) is 0 Å². The van der Waals surface area contributed by atoms with Crippen LogP contribution in [0.2, 0.25) is 0 Å². The van der Waals surface area contributed by atoms with Crippen LogP contribution in [0.25, 0.3) is 0 Å². The Morgan fingerprint density at radius 2 is 1.81 bits per heavy atom. The fraction of sp³-hybridized carbons (Fsp3) is 0.526. The van der Waals surface area contributed by atoms with Crippen molar-refractivity contribution in [2.75, 3.05) is 13.1 Å². The van der Waals surface area contributed by atoms with Gasteiger partial charge in [0.15, 0.2) is 0 Å². The fourth-order valence-corrected chi connectivity index (χ4v) is 2.06. The van der Waals surface area contributed by atoms with Crippen LogP contribution >= 0.6 is 0 Å². The molecule has 2 N–H and O–H groups in total. The minimum absolute atomic E-state index is 0.000893. The highest BCUT2D eigenvalue weighted by atomic mass is 16.6. The van der Waals surface area contributed by atoms with E-state index < -0.39 is 29.8 Å². The lowest BCUT2D eigenvalue weighted by Crippen LogP contribution is -2.44. The first-order chi connectivity index (χ1) is 12.6. The molecule has 0 heterocycles. The van der Waals surface area contributed by atoms with Crippen LogP contribution in [-0.4, -0.2) is 52.9 Å². The van der Waals surface area contributed by atoms with Gasteiger partial charge >= 0.3 is 12.2 Å². The number of carbonyl (C=O) groups is 3. The van der Waals surface area contributed by atoms with Crippen LogP contribution in [0.3, 0.4) is 0 Å². The van der Waals surface area contributed by atoms with E-state index in [0.29, 0.717) is 0 Å². The van der Waals surface area contributed by atoms with E-state index in [9.17, 15) is 19.5 Å². The minimum atomic E-state index is -0.902. The van der Waals surface area contributed by atoms with E-state index in [1.165, 1.54) is 6.92 Å². The summed E-state index contributed by atoms with van der Waals surface area (Å²) >= 11 is 0. The van der Waals surface area contributed by atoms with E-state index in [1.54, 1.807) is 32.9 Å². The molecule has 1 aromatic rings. The summed E-state index contributed by atoms with van der Waals surface area (Å²) in [6.07, 6.45) is -2.62. The molecule has 0 aromatic heterocycles. The molecule has 8 heteroatoms. The van der Waals surface area contributed by atoms with E-state index in [4.69, 9.17) is 9.47 Å². The number of nitrogens with zero attached hydrogens (tertiary/aromatic N) is 1. The molecule has 0 bridgehead atoms. The maximum absolute atomic E-state index is 12.3. The van der Waals surface area contributed by atoms with Gasteiger partial charge in [-0.05, 0) is 33.3 Å². The fourth-order valence-electron chi connectivity index (χ4n) is 2.06. The van der Waals surface area contributed by atoms with Crippen molar-refractivity contribution in [1.82, 2.24) is 10.2 Å². The van der Waals surface area contributed by atoms with Crippen LogP contribution < -0.4 is 5.32 Å². The number of aliphatic hydroxyl groups is 1. The number of ether oxygens (including phenoxy) is 2. The lowest BCUT2D eigenvalue weighted by atomic mass is 10.2. The quantitative estimate of drug-likeness (QED) is 0.753. The highest BCUT2D eigenvalue weighted by Crippen LogP contribution is 2.07. The van der Waals surface area contributed by atoms with Gasteiger partial charge in [0.25, 0.3) is 0 Å². The standard InChI is InChI=1S/C19H28N2O6/c1-14(22)12-16(23)21(11-10-20-17(24)27-19(2,3)4)18(25)26-13-15-8-6-5-7-9-15/h5-9,14,22H,10-13H2,1-4H3,(H,20,24). The van der Waals surface area contributed by atoms with Gasteiger partial charge in [-0.3, -0.25) is 4.79 Å². The first-order valence-electron chi connectivity index (χ1n) is 8.74. The third-order valence-electron chi connectivity index (χ3n) is 3.20. The van der Waals surface area contributed by atoms with Crippen LogP contribution in [0.5, 0.6) is 0 Å². The predicted molar refractivity (Wildman–Crippen MR) is 98.9 cm³/mol. The summed E-state index contributed by atoms with van der Waals surface area (Å²) < 4.78 is 10.3. The van der Waals surface area contributed by atoms with Gasteiger partial charge in [0.1, 0.15) is 12.2 Å². The molecular formula is C19H28N2O6. The number of aliphatic hydroxyl groups excluding tert-OH is 1. The largest absolute Gasteiger partial charge is 0.444 e. The summed E-state index contributed by atoms with van der Waals surface area (Å²) in [7, 11) is 0. The summed E-state index contributed by atoms with van der Waals surface area (Å²) in [5, 5.41) is 11.9. The van der Waals surface area contributed by atoms with Crippen molar-refractivity contribution in [3.63, 3.8) is 0 Å². The molecule has 3 amide bonds. The molecular weight excluding hydrogens is 352 g/mol. The number of imide groups is 1. The Morgan fingerprint density at radius 1 is 1.19 bits per heavy atom. The molecule has 0 aliphatic heterocycles. The van der Waals surface area contributed by atoms with Crippen LogP contribution in [0.4, 0.5) is 9.59 Å². The topological polar surface area (TPSA) is 105 Å². The molecule has 1 aromatic carbocycles. The summed E-state index contributed by atoms with van der Waals surface area (Å²) in [5.41, 5.74) is 0.126. The highest BCUT2D eigenvalue weighted by Gasteiger charge is 2.24. The van der Waals surface area contributed by atoms with Gasteiger partial charge in [0.2, 0.25) is 5.91 Å². The monoisotopic (exact) mass is 380 g/mol. The summed E-state index contributed by atoms with van der Waals surface area (Å²) in [4.78, 5) is 37.1. The summed E-state index contributed by atoms with van der Waals surface area (Å²) in [6.45, 7) is 6.55.